The molecule has 0 radical (unpaired) electrons. The number of rotatable bonds is 5. The maximum atomic E-state index is 13.7. The van der Waals surface area contributed by atoms with Crippen molar-refractivity contribution in [3.8, 4) is 0 Å². The topological polar surface area (TPSA) is 73.5 Å². The Kier molecular flexibility index (Phi) is 5.85. The molecule has 33 heavy (non-hydrogen) atoms. The Labute approximate surface area is 195 Å². The Bertz CT molecular complexity index is 1030. The zero-order chi connectivity index (χ0) is 23.1. The smallest absolute Gasteiger partial charge is 0.245 e. The summed E-state index contributed by atoms with van der Waals surface area (Å²) in [6, 6.07) is 9.82. The van der Waals surface area contributed by atoms with E-state index in [1.54, 1.807) is 0 Å². The van der Waals surface area contributed by atoms with Crippen molar-refractivity contribution >= 4 is 28.6 Å². The van der Waals surface area contributed by atoms with Crippen LogP contribution in [0.4, 0.5) is 0 Å². The predicted octanol–water partition coefficient (Wildman–Crippen LogP) is 4.24. The van der Waals surface area contributed by atoms with Crippen molar-refractivity contribution in [3.05, 3.63) is 48.2 Å². The highest BCUT2D eigenvalue weighted by molar-refractivity contribution is 6.08. The lowest BCUT2D eigenvalue weighted by Crippen LogP contribution is -2.53. The number of benzene rings is 1. The molecule has 3 unspecified atom stereocenters. The van der Waals surface area contributed by atoms with Crippen LogP contribution < -0.4 is 0 Å². The van der Waals surface area contributed by atoms with E-state index in [-0.39, 0.29) is 35.5 Å². The van der Waals surface area contributed by atoms with Crippen LogP contribution in [0.1, 0.15) is 57.6 Å². The summed E-state index contributed by atoms with van der Waals surface area (Å²) in [4.78, 5) is 46.8. The van der Waals surface area contributed by atoms with Crippen LogP contribution in [0.15, 0.2) is 42.5 Å². The molecule has 2 aromatic rings. The number of fused-ring (bicyclic) bond motifs is 2. The van der Waals surface area contributed by atoms with Gasteiger partial charge in [0.2, 0.25) is 17.7 Å². The van der Waals surface area contributed by atoms with Gasteiger partial charge < -0.3 is 9.88 Å². The number of para-hydroxylation sites is 1. The largest absolute Gasteiger partial charge is 0.358 e. The van der Waals surface area contributed by atoms with Crippen LogP contribution in [0.5, 0.6) is 0 Å². The molecule has 5 rings (SSSR count). The molecule has 1 N–H and O–H groups in total. The lowest BCUT2D eigenvalue weighted by atomic mass is 9.85. The average molecular weight is 448 g/mol. The van der Waals surface area contributed by atoms with Gasteiger partial charge in [-0.15, -0.1) is 0 Å². The Morgan fingerprint density at radius 1 is 1.03 bits per heavy atom. The zero-order valence-electron chi connectivity index (χ0n) is 19.5. The van der Waals surface area contributed by atoms with Crippen molar-refractivity contribution in [1.29, 1.82) is 0 Å². The number of nitrogens with one attached hydrogen (secondary N) is 1. The maximum Gasteiger partial charge on any atom is 0.245 e. The minimum atomic E-state index is -0.680. The molecule has 2 fully saturated rings. The van der Waals surface area contributed by atoms with Crippen LogP contribution in [0.3, 0.4) is 0 Å². The molecule has 6 heteroatoms. The molecule has 3 amide bonds. The normalized spacial score (nSPS) is 24.7. The molecule has 0 saturated carbocycles. The Morgan fingerprint density at radius 3 is 2.27 bits per heavy atom. The third-order valence-electron chi connectivity index (χ3n) is 7.63. The monoisotopic (exact) mass is 447 g/mol. The Hall–Kier alpha value is -2.89. The molecule has 174 valence electrons. The number of amides is 3. The Balaban J connectivity index is 1.30. The number of aromatic nitrogens is 1. The van der Waals surface area contributed by atoms with Crippen LogP contribution in [0.25, 0.3) is 10.9 Å². The van der Waals surface area contributed by atoms with Gasteiger partial charge in [-0.1, -0.05) is 44.2 Å². The molecule has 3 aliphatic rings. The molecule has 0 spiro atoms. The average Bonchev–Trinajstić information content (AvgIpc) is 3.37. The second-order valence-electron chi connectivity index (χ2n) is 10.3. The number of H-pyrrole nitrogens is 1. The SMILES string of the molecule is CC(C)CC(C(=O)N1CCC(c2cc3ccccc3[nH]2)CC1)N1C(=O)C2CC=CCC2C1=O. The van der Waals surface area contributed by atoms with Crippen molar-refractivity contribution < 1.29 is 14.4 Å². The summed E-state index contributed by atoms with van der Waals surface area (Å²) in [5.74, 6) is -0.358. The third kappa shape index (κ3) is 4.00. The Morgan fingerprint density at radius 2 is 1.67 bits per heavy atom. The molecule has 1 aromatic heterocycles. The molecule has 1 aromatic carbocycles. The standard InChI is InChI=1S/C27H33N3O3/c1-17(2)15-24(30-25(31)20-8-4-5-9-21(20)26(30)32)27(33)29-13-11-18(12-14-29)23-16-19-7-3-6-10-22(19)28-23/h3-7,10,16-18,20-21,24,28H,8-9,11-15H2,1-2H3. The number of imide groups is 1. The molecule has 2 saturated heterocycles. The molecule has 2 aliphatic heterocycles. The van der Waals surface area contributed by atoms with Gasteiger partial charge in [0.1, 0.15) is 6.04 Å². The van der Waals surface area contributed by atoms with E-state index >= 15 is 0 Å². The molecule has 3 atom stereocenters. The summed E-state index contributed by atoms with van der Waals surface area (Å²) in [6.45, 7) is 5.39. The van der Waals surface area contributed by atoms with Gasteiger partial charge in [0, 0.05) is 30.2 Å². The zero-order valence-corrected chi connectivity index (χ0v) is 19.5. The van der Waals surface area contributed by atoms with Crippen molar-refractivity contribution in [2.24, 2.45) is 17.8 Å². The molecular formula is C27H33N3O3. The van der Waals surface area contributed by atoms with Crippen molar-refractivity contribution in [2.45, 2.75) is 57.9 Å². The summed E-state index contributed by atoms with van der Waals surface area (Å²) >= 11 is 0. The van der Waals surface area contributed by atoms with Gasteiger partial charge in [-0.2, -0.15) is 0 Å². The molecular weight excluding hydrogens is 414 g/mol. The number of carbonyl (C=O) groups is 3. The summed E-state index contributed by atoms with van der Waals surface area (Å²) in [5, 5.41) is 1.21. The van der Waals surface area contributed by atoms with Gasteiger partial charge >= 0.3 is 0 Å². The number of aromatic amines is 1. The fraction of sp³-hybridized carbons (Fsp3) is 0.519. The van der Waals surface area contributed by atoms with Gasteiger partial charge in [0.25, 0.3) is 0 Å². The minimum Gasteiger partial charge on any atom is -0.358 e. The van der Waals surface area contributed by atoms with Gasteiger partial charge in [-0.25, -0.2) is 0 Å². The highest BCUT2D eigenvalue weighted by Gasteiger charge is 2.51. The third-order valence-corrected chi connectivity index (χ3v) is 7.63. The van der Waals surface area contributed by atoms with E-state index in [4.69, 9.17) is 0 Å². The van der Waals surface area contributed by atoms with Crippen molar-refractivity contribution in [1.82, 2.24) is 14.8 Å². The highest BCUT2D eigenvalue weighted by atomic mass is 16.2. The lowest BCUT2D eigenvalue weighted by molar-refractivity contribution is -0.152. The van der Waals surface area contributed by atoms with Gasteiger partial charge in [-0.05, 0) is 55.5 Å². The second kappa shape index (κ2) is 8.81. The number of nitrogens with zero attached hydrogens (tertiary/aromatic N) is 2. The fourth-order valence-electron chi connectivity index (χ4n) is 5.83. The fourth-order valence-corrected chi connectivity index (χ4v) is 5.83. The first-order valence-electron chi connectivity index (χ1n) is 12.3. The van der Waals surface area contributed by atoms with E-state index in [9.17, 15) is 14.4 Å². The highest BCUT2D eigenvalue weighted by Crippen LogP contribution is 2.38. The second-order valence-corrected chi connectivity index (χ2v) is 10.3. The van der Waals surface area contributed by atoms with Crippen LogP contribution in [-0.2, 0) is 14.4 Å². The minimum absolute atomic E-state index is 0.0629. The van der Waals surface area contributed by atoms with E-state index in [0.717, 1.165) is 18.4 Å². The van der Waals surface area contributed by atoms with E-state index in [2.05, 4.69) is 23.2 Å². The van der Waals surface area contributed by atoms with Gasteiger partial charge in [0.15, 0.2) is 0 Å². The van der Waals surface area contributed by atoms with Crippen LogP contribution >= 0.6 is 0 Å². The number of carbonyl (C=O) groups excluding carboxylic acids is 3. The summed E-state index contributed by atoms with van der Waals surface area (Å²) in [6.07, 6.45) is 7.46. The van der Waals surface area contributed by atoms with Crippen LogP contribution in [0.2, 0.25) is 0 Å². The maximum absolute atomic E-state index is 13.7. The number of likely N-dealkylation sites (tertiary alicyclic amines) is 2. The molecule has 1 aliphatic carbocycles. The van der Waals surface area contributed by atoms with Crippen molar-refractivity contribution in [3.63, 3.8) is 0 Å². The summed E-state index contributed by atoms with van der Waals surface area (Å²) in [5.41, 5.74) is 2.37. The number of hydrogen-bond acceptors (Lipinski definition) is 3. The molecule has 3 heterocycles. The van der Waals surface area contributed by atoms with E-state index in [1.165, 1.54) is 16.0 Å². The first-order valence-corrected chi connectivity index (χ1v) is 12.3. The first-order chi connectivity index (χ1) is 15.9. The number of piperidine rings is 1. The molecule has 0 bridgehead atoms. The lowest BCUT2D eigenvalue weighted by Gasteiger charge is -2.36. The number of hydrogen-bond donors (Lipinski definition) is 1. The molecule has 6 nitrogen and oxygen atoms in total. The van der Waals surface area contributed by atoms with Crippen LogP contribution in [0, 0.1) is 17.8 Å². The van der Waals surface area contributed by atoms with Crippen LogP contribution in [-0.4, -0.2) is 51.6 Å². The van der Waals surface area contributed by atoms with E-state index in [0.29, 0.717) is 38.3 Å². The van der Waals surface area contributed by atoms with Gasteiger partial charge in [0.05, 0.1) is 11.8 Å². The van der Waals surface area contributed by atoms with E-state index < -0.39 is 6.04 Å². The van der Waals surface area contributed by atoms with Gasteiger partial charge in [-0.3, -0.25) is 19.3 Å². The summed E-state index contributed by atoms with van der Waals surface area (Å²) in [7, 11) is 0. The van der Waals surface area contributed by atoms with Crippen molar-refractivity contribution in [2.75, 3.05) is 13.1 Å². The van der Waals surface area contributed by atoms with E-state index in [1.807, 2.05) is 43.0 Å². The first kappa shape index (κ1) is 21.9. The quantitative estimate of drug-likeness (QED) is 0.550. The predicted molar refractivity (Wildman–Crippen MR) is 127 cm³/mol. The summed E-state index contributed by atoms with van der Waals surface area (Å²) < 4.78 is 0. The number of allylic oxidation sites excluding steroid dienone is 2.